The van der Waals surface area contributed by atoms with Crippen LogP contribution < -0.4 is 0 Å². The highest BCUT2D eigenvalue weighted by Gasteiger charge is 2.48. The number of esters is 1. The van der Waals surface area contributed by atoms with Gasteiger partial charge in [-0.1, -0.05) is 17.7 Å². The molecule has 0 saturated heterocycles. The van der Waals surface area contributed by atoms with Gasteiger partial charge in [-0.25, -0.2) is 18.6 Å². The van der Waals surface area contributed by atoms with E-state index in [1.165, 1.54) is 12.1 Å². The summed E-state index contributed by atoms with van der Waals surface area (Å²) in [6.45, 7) is 1.61. The Morgan fingerprint density at radius 1 is 1.00 bits per heavy atom. The number of carboxylic acids is 2. The van der Waals surface area contributed by atoms with Gasteiger partial charge < -0.3 is 14.9 Å². The summed E-state index contributed by atoms with van der Waals surface area (Å²) in [5, 5.41) is 17.8. The number of hydrogen-bond donors (Lipinski definition) is 2. The van der Waals surface area contributed by atoms with Gasteiger partial charge in [0.1, 0.15) is 0 Å². The molecule has 2 N–H and O–H groups in total. The quantitative estimate of drug-likeness (QED) is 0.499. The second kappa shape index (κ2) is 7.70. The Hall–Kier alpha value is -2.67. The lowest BCUT2D eigenvalue weighted by Crippen LogP contribution is -2.47. The van der Waals surface area contributed by atoms with Crippen LogP contribution in [0.25, 0.3) is 0 Å². The summed E-state index contributed by atoms with van der Waals surface area (Å²) < 4.78 is 68.4. The van der Waals surface area contributed by atoms with Crippen molar-refractivity contribution in [2.45, 2.75) is 30.2 Å². The third-order valence-corrected chi connectivity index (χ3v) is 4.08. The zero-order valence-corrected chi connectivity index (χ0v) is 13.6. The lowest BCUT2D eigenvalue weighted by molar-refractivity contribution is -0.212. The first-order valence-electron chi connectivity index (χ1n) is 6.49. The fraction of sp³-hybridized carbons (Fsp3) is 0.308. The average molecular weight is 400 g/mol. The van der Waals surface area contributed by atoms with E-state index in [9.17, 15) is 36.0 Å². The van der Waals surface area contributed by atoms with Crippen molar-refractivity contribution in [3.05, 3.63) is 29.8 Å². The number of hydrogen-bond acceptors (Lipinski definition) is 7. The predicted octanol–water partition coefficient (Wildman–Crippen LogP) is 0.712. The number of ether oxygens (including phenoxy) is 1. The van der Waals surface area contributed by atoms with Gasteiger partial charge in [-0.2, -0.15) is 21.6 Å². The van der Waals surface area contributed by atoms with E-state index in [-0.39, 0.29) is 0 Å². The Balaban J connectivity index is 3.19. The van der Waals surface area contributed by atoms with Crippen LogP contribution in [-0.2, 0) is 33.4 Å². The molecule has 0 bridgehead atoms. The molecule has 0 radical (unpaired) electrons. The van der Waals surface area contributed by atoms with Crippen LogP contribution in [0.15, 0.2) is 29.2 Å². The molecule has 0 aliphatic heterocycles. The molecule has 0 aliphatic carbocycles. The number of alkyl halides is 3. The first-order chi connectivity index (χ1) is 11.8. The van der Waals surface area contributed by atoms with Crippen molar-refractivity contribution in [1.82, 2.24) is 0 Å². The van der Waals surface area contributed by atoms with Crippen LogP contribution in [0.5, 0.6) is 0 Å². The lowest BCUT2D eigenvalue weighted by Gasteiger charge is -2.21. The Bertz CT molecular complexity index is 799. The molecule has 2 atom stereocenters. The van der Waals surface area contributed by atoms with Crippen molar-refractivity contribution in [3.63, 3.8) is 0 Å². The van der Waals surface area contributed by atoms with E-state index in [0.29, 0.717) is 5.56 Å². The molecule has 2 unspecified atom stereocenters. The van der Waals surface area contributed by atoms with Crippen LogP contribution in [0.3, 0.4) is 0 Å². The van der Waals surface area contributed by atoms with Gasteiger partial charge in [0.15, 0.2) is 0 Å². The molecule has 0 fully saturated rings. The molecule has 0 saturated carbocycles. The topological polar surface area (TPSA) is 144 Å². The van der Waals surface area contributed by atoms with E-state index in [1.54, 1.807) is 6.92 Å². The maximum atomic E-state index is 12.2. The monoisotopic (exact) mass is 400 g/mol. The minimum absolute atomic E-state index is 0.583. The zero-order chi connectivity index (χ0) is 20.3. The zero-order valence-electron chi connectivity index (χ0n) is 12.8. The summed E-state index contributed by atoms with van der Waals surface area (Å²) in [7, 11) is -4.89. The van der Waals surface area contributed by atoms with E-state index >= 15 is 0 Å². The van der Waals surface area contributed by atoms with Gasteiger partial charge in [0.25, 0.3) is 10.1 Å². The van der Waals surface area contributed by atoms with Crippen LogP contribution in [0.4, 0.5) is 13.2 Å². The highest BCUT2D eigenvalue weighted by molar-refractivity contribution is 7.86. The van der Waals surface area contributed by atoms with E-state index < -0.39 is 51.3 Å². The van der Waals surface area contributed by atoms with Crippen LogP contribution in [0, 0.1) is 6.92 Å². The van der Waals surface area contributed by atoms with Crippen molar-refractivity contribution in [2.24, 2.45) is 0 Å². The number of halogens is 3. The summed E-state index contributed by atoms with van der Waals surface area (Å²) in [4.78, 5) is 32.3. The SMILES string of the molecule is Cc1ccc(S(=O)(=O)OC(C(=O)O)C(OC(=O)C(F)(F)F)C(=O)O)cc1. The molecular formula is C13H11F3O9S. The number of rotatable bonds is 7. The lowest BCUT2D eigenvalue weighted by atomic mass is 10.2. The van der Waals surface area contributed by atoms with Crippen LogP contribution >= 0.6 is 0 Å². The van der Waals surface area contributed by atoms with Crippen molar-refractivity contribution < 1.29 is 55.1 Å². The molecule has 144 valence electrons. The first kappa shape index (κ1) is 21.4. The summed E-state index contributed by atoms with van der Waals surface area (Å²) in [5.74, 6) is -7.65. The summed E-state index contributed by atoms with van der Waals surface area (Å²) >= 11 is 0. The third kappa shape index (κ3) is 5.42. The van der Waals surface area contributed by atoms with Gasteiger partial charge in [-0.05, 0) is 19.1 Å². The first-order valence-corrected chi connectivity index (χ1v) is 7.90. The second-order valence-electron chi connectivity index (χ2n) is 4.78. The second-order valence-corrected chi connectivity index (χ2v) is 6.36. The molecular weight excluding hydrogens is 389 g/mol. The molecule has 1 aromatic rings. The molecule has 0 heterocycles. The fourth-order valence-corrected chi connectivity index (χ4v) is 2.58. The summed E-state index contributed by atoms with van der Waals surface area (Å²) in [6, 6.07) is 4.62. The molecule has 1 rings (SSSR count). The molecule has 0 amide bonds. The normalized spacial score (nSPS) is 14.3. The Morgan fingerprint density at radius 2 is 1.46 bits per heavy atom. The minimum Gasteiger partial charge on any atom is -0.479 e. The fourth-order valence-electron chi connectivity index (χ4n) is 1.54. The van der Waals surface area contributed by atoms with Gasteiger partial charge in [0.05, 0.1) is 4.90 Å². The smallest absolute Gasteiger partial charge is 0.479 e. The van der Waals surface area contributed by atoms with Gasteiger partial charge in [-0.3, -0.25) is 0 Å². The predicted molar refractivity (Wildman–Crippen MR) is 74.4 cm³/mol. The molecule has 13 heteroatoms. The summed E-state index contributed by atoms with van der Waals surface area (Å²) in [5.41, 5.74) is 0.626. The van der Waals surface area contributed by atoms with E-state index in [2.05, 4.69) is 8.92 Å². The third-order valence-electron chi connectivity index (χ3n) is 2.77. The van der Waals surface area contributed by atoms with Gasteiger partial charge in [0, 0.05) is 0 Å². The average Bonchev–Trinajstić information content (AvgIpc) is 2.49. The number of carboxylic acid groups (broad SMARTS) is 2. The Morgan fingerprint density at radius 3 is 1.85 bits per heavy atom. The maximum absolute atomic E-state index is 12.2. The molecule has 1 aromatic carbocycles. The van der Waals surface area contributed by atoms with Gasteiger partial charge >= 0.3 is 24.1 Å². The Kier molecular flexibility index (Phi) is 6.33. The number of aliphatic carboxylic acids is 2. The number of carbonyl (C=O) groups is 3. The maximum Gasteiger partial charge on any atom is 0.490 e. The standard InChI is InChI=1S/C13H11F3O9S/c1-6-2-4-7(5-3-6)26(22,23)25-9(11(19)20)8(10(17)18)24-12(21)13(14,15)16/h2-5,8-9H,1H3,(H,17,18)(H,19,20). The number of aryl methyl sites for hydroxylation is 1. The van der Waals surface area contributed by atoms with Crippen LogP contribution in [-0.4, -0.2) is 54.9 Å². The largest absolute Gasteiger partial charge is 0.490 e. The number of benzene rings is 1. The molecule has 0 spiro atoms. The summed E-state index contributed by atoms with van der Waals surface area (Å²) in [6.07, 6.45) is -11.7. The Labute approximate surface area is 144 Å². The van der Waals surface area contributed by atoms with Crippen molar-refractivity contribution in [3.8, 4) is 0 Å². The van der Waals surface area contributed by atoms with E-state index in [0.717, 1.165) is 12.1 Å². The van der Waals surface area contributed by atoms with Crippen LogP contribution in [0.1, 0.15) is 5.56 Å². The molecule has 9 nitrogen and oxygen atoms in total. The van der Waals surface area contributed by atoms with Gasteiger partial charge in [-0.15, -0.1) is 0 Å². The van der Waals surface area contributed by atoms with Crippen molar-refractivity contribution >= 4 is 28.0 Å². The van der Waals surface area contributed by atoms with E-state index in [1.807, 2.05) is 0 Å². The highest BCUT2D eigenvalue weighted by Crippen LogP contribution is 2.22. The van der Waals surface area contributed by atoms with Crippen molar-refractivity contribution in [1.29, 1.82) is 0 Å². The van der Waals surface area contributed by atoms with Crippen molar-refractivity contribution in [2.75, 3.05) is 0 Å². The van der Waals surface area contributed by atoms with Gasteiger partial charge in [0.2, 0.25) is 12.2 Å². The van der Waals surface area contributed by atoms with E-state index in [4.69, 9.17) is 10.2 Å². The highest BCUT2D eigenvalue weighted by atomic mass is 32.2. The minimum atomic E-state index is -5.63. The molecule has 0 aliphatic rings. The van der Waals surface area contributed by atoms with Crippen LogP contribution in [0.2, 0.25) is 0 Å². The molecule has 0 aromatic heterocycles. The number of carbonyl (C=O) groups excluding carboxylic acids is 1. The molecule has 26 heavy (non-hydrogen) atoms.